The molecular formula is C5H13O6P. The van der Waals surface area contributed by atoms with Gasteiger partial charge in [-0.3, -0.25) is 4.52 Å². The van der Waals surface area contributed by atoms with Crippen molar-refractivity contribution in [3.05, 3.63) is 0 Å². The molecule has 0 saturated heterocycles. The van der Waals surface area contributed by atoms with Crippen LogP contribution in [0.5, 0.6) is 0 Å². The van der Waals surface area contributed by atoms with Crippen molar-refractivity contribution < 1.29 is 29.1 Å². The molecule has 0 spiro atoms. The fourth-order valence-corrected chi connectivity index (χ4v) is 0.861. The third kappa shape index (κ3) is 4.82. The number of hydrogen-bond donors (Lipinski definition) is 4. The minimum atomic E-state index is -4.51. The predicted molar refractivity (Wildman–Crippen MR) is 40.3 cm³/mol. The average Bonchev–Trinajstić information content (AvgIpc) is 1.99. The van der Waals surface area contributed by atoms with Crippen LogP contribution < -0.4 is 0 Å². The Morgan fingerprint density at radius 1 is 1.33 bits per heavy atom. The highest BCUT2D eigenvalue weighted by atomic mass is 31.2. The van der Waals surface area contributed by atoms with E-state index in [1.807, 2.05) is 0 Å². The fourth-order valence-electron chi connectivity index (χ4n) is 0.381. The highest BCUT2D eigenvalue weighted by Crippen LogP contribution is 2.37. The zero-order valence-corrected chi connectivity index (χ0v) is 7.57. The monoisotopic (exact) mass is 200 g/mol. The zero-order chi connectivity index (χ0) is 9.83. The van der Waals surface area contributed by atoms with Gasteiger partial charge in [0.2, 0.25) is 0 Å². The molecule has 0 aliphatic rings. The molecule has 0 unspecified atom stereocenters. The fraction of sp³-hybridized carbons (Fsp3) is 1.00. The lowest BCUT2D eigenvalue weighted by Gasteiger charge is -2.23. The number of rotatable bonds is 5. The first-order chi connectivity index (χ1) is 5.33. The number of phosphoric ester groups is 1. The number of phosphoric acid groups is 1. The molecule has 0 aliphatic carbocycles. The zero-order valence-electron chi connectivity index (χ0n) is 6.67. The molecule has 0 aromatic heterocycles. The third-order valence-electron chi connectivity index (χ3n) is 1.34. The second-order valence-corrected chi connectivity index (χ2v) is 4.13. The Bertz CT molecular complexity index is 171. The van der Waals surface area contributed by atoms with E-state index in [1.165, 1.54) is 6.92 Å². The van der Waals surface area contributed by atoms with Crippen LogP contribution in [0.15, 0.2) is 0 Å². The van der Waals surface area contributed by atoms with Gasteiger partial charge >= 0.3 is 7.82 Å². The molecule has 0 aliphatic heterocycles. The Kier molecular flexibility index (Phi) is 4.33. The van der Waals surface area contributed by atoms with Crippen LogP contribution in [0.3, 0.4) is 0 Å². The minimum Gasteiger partial charge on any atom is -0.396 e. The van der Waals surface area contributed by atoms with Crippen molar-refractivity contribution in [3.63, 3.8) is 0 Å². The SMILES string of the molecule is CC(CO)(CO)COP(=O)(O)O. The van der Waals surface area contributed by atoms with E-state index in [9.17, 15) is 4.57 Å². The predicted octanol–water partition coefficient (Wildman–Crippen LogP) is -0.913. The molecule has 74 valence electrons. The summed E-state index contributed by atoms with van der Waals surface area (Å²) in [5.74, 6) is 0. The van der Waals surface area contributed by atoms with Gasteiger partial charge in [0.1, 0.15) is 0 Å². The average molecular weight is 200 g/mol. The van der Waals surface area contributed by atoms with Gasteiger partial charge in [-0.15, -0.1) is 0 Å². The molecule has 0 radical (unpaired) electrons. The molecule has 4 N–H and O–H groups in total. The van der Waals surface area contributed by atoms with Crippen molar-refractivity contribution in [1.82, 2.24) is 0 Å². The number of aliphatic hydroxyl groups is 2. The Hall–Kier alpha value is 0.0300. The summed E-state index contributed by atoms with van der Waals surface area (Å²) in [5, 5.41) is 17.4. The molecule has 0 aromatic carbocycles. The van der Waals surface area contributed by atoms with Gasteiger partial charge in [-0.25, -0.2) is 4.57 Å². The van der Waals surface area contributed by atoms with Gasteiger partial charge in [0.05, 0.1) is 19.8 Å². The summed E-state index contributed by atoms with van der Waals surface area (Å²) < 4.78 is 14.3. The minimum absolute atomic E-state index is 0.385. The standard InChI is InChI=1S/C5H13O6P/c1-5(2-6,3-7)4-11-12(8,9)10/h6-7H,2-4H2,1H3,(H2,8,9,10). The smallest absolute Gasteiger partial charge is 0.396 e. The van der Waals surface area contributed by atoms with Crippen LogP contribution >= 0.6 is 7.82 Å². The molecule has 0 bridgehead atoms. The normalized spacial score (nSPS) is 13.4. The lowest BCUT2D eigenvalue weighted by atomic mass is 9.95. The molecule has 0 aromatic rings. The van der Waals surface area contributed by atoms with Gasteiger partial charge in [-0.05, 0) is 0 Å². The maximum Gasteiger partial charge on any atom is 0.469 e. The van der Waals surface area contributed by atoms with Gasteiger partial charge in [0.15, 0.2) is 0 Å². The van der Waals surface area contributed by atoms with Crippen LogP contribution in [0.4, 0.5) is 0 Å². The molecule has 6 nitrogen and oxygen atoms in total. The molecule has 7 heteroatoms. The van der Waals surface area contributed by atoms with Crippen LogP contribution in [0.2, 0.25) is 0 Å². The van der Waals surface area contributed by atoms with Crippen LogP contribution in [-0.2, 0) is 9.09 Å². The molecule has 0 saturated carbocycles. The molecule has 0 rings (SSSR count). The summed E-state index contributed by atoms with van der Waals surface area (Å²) >= 11 is 0. The topological polar surface area (TPSA) is 107 Å². The van der Waals surface area contributed by atoms with E-state index in [-0.39, 0.29) is 6.61 Å². The van der Waals surface area contributed by atoms with Crippen molar-refractivity contribution in [2.75, 3.05) is 19.8 Å². The summed E-state index contributed by atoms with van der Waals surface area (Å²) in [6.45, 7) is 0.264. The first-order valence-electron chi connectivity index (χ1n) is 3.25. The Morgan fingerprint density at radius 2 is 1.75 bits per heavy atom. The van der Waals surface area contributed by atoms with E-state index in [0.717, 1.165) is 0 Å². The van der Waals surface area contributed by atoms with Crippen molar-refractivity contribution in [2.24, 2.45) is 5.41 Å². The van der Waals surface area contributed by atoms with Crippen molar-refractivity contribution in [2.45, 2.75) is 6.92 Å². The van der Waals surface area contributed by atoms with Crippen LogP contribution in [-0.4, -0.2) is 39.8 Å². The highest BCUT2D eigenvalue weighted by molar-refractivity contribution is 7.46. The van der Waals surface area contributed by atoms with E-state index >= 15 is 0 Å². The van der Waals surface area contributed by atoms with E-state index in [0.29, 0.717) is 0 Å². The second kappa shape index (κ2) is 4.32. The van der Waals surface area contributed by atoms with Crippen LogP contribution in [0.1, 0.15) is 6.92 Å². The Balaban J connectivity index is 3.98. The second-order valence-electron chi connectivity index (χ2n) is 2.89. The maximum absolute atomic E-state index is 10.2. The quantitative estimate of drug-likeness (QED) is 0.428. The molecule has 0 atom stereocenters. The lowest BCUT2D eigenvalue weighted by Crippen LogP contribution is -2.31. The summed E-state index contributed by atoms with van der Waals surface area (Å²) in [4.78, 5) is 16.6. The molecule has 0 heterocycles. The van der Waals surface area contributed by atoms with Gasteiger partial charge in [0, 0.05) is 5.41 Å². The van der Waals surface area contributed by atoms with Crippen LogP contribution in [0.25, 0.3) is 0 Å². The first-order valence-corrected chi connectivity index (χ1v) is 4.78. The summed E-state index contributed by atoms with van der Waals surface area (Å²) in [7, 11) is -4.51. The van der Waals surface area contributed by atoms with Crippen LogP contribution in [0, 0.1) is 5.41 Å². The molecule has 0 amide bonds. The summed E-state index contributed by atoms with van der Waals surface area (Å²) in [6.07, 6.45) is 0. The van der Waals surface area contributed by atoms with Gasteiger partial charge in [0.25, 0.3) is 0 Å². The van der Waals surface area contributed by atoms with Gasteiger partial charge in [-0.2, -0.15) is 0 Å². The van der Waals surface area contributed by atoms with Gasteiger partial charge < -0.3 is 20.0 Å². The number of hydrogen-bond acceptors (Lipinski definition) is 4. The van der Waals surface area contributed by atoms with Crippen molar-refractivity contribution in [1.29, 1.82) is 0 Å². The van der Waals surface area contributed by atoms with E-state index in [2.05, 4.69) is 4.52 Å². The van der Waals surface area contributed by atoms with Crippen molar-refractivity contribution in [3.8, 4) is 0 Å². The van der Waals surface area contributed by atoms with E-state index in [1.54, 1.807) is 0 Å². The summed E-state index contributed by atoms with van der Waals surface area (Å²) in [5.41, 5.74) is -1.01. The molecule has 0 fully saturated rings. The van der Waals surface area contributed by atoms with E-state index < -0.39 is 26.5 Å². The third-order valence-corrected chi connectivity index (χ3v) is 1.81. The lowest BCUT2D eigenvalue weighted by molar-refractivity contribution is 0.0187. The Labute approximate surface area is 70.0 Å². The largest absolute Gasteiger partial charge is 0.469 e. The molecule has 12 heavy (non-hydrogen) atoms. The highest BCUT2D eigenvalue weighted by Gasteiger charge is 2.27. The Morgan fingerprint density at radius 3 is 2.00 bits per heavy atom. The van der Waals surface area contributed by atoms with Crippen molar-refractivity contribution >= 4 is 7.82 Å². The molecular weight excluding hydrogens is 187 g/mol. The first kappa shape index (κ1) is 12.0. The van der Waals surface area contributed by atoms with Gasteiger partial charge in [-0.1, -0.05) is 6.92 Å². The maximum atomic E-state index is 10.2. The van der Waals surface area contributed by atoms with E-state index in [4.69, 9.17) is 20.0 Å². The number of aliphatic hydroxyl groups excluding tert-OH is 2. The summed E-state index contributed by atoms with van der Waals surface area (Å²) in [6, 6.07) is 0.